The van der Waals surface area contributed by atoms with Crippen LogP contribution in [0.3, 0.4) is 0 Å². The monoisotopic (exact) mass is 312 g/mol. The van der Waals surface area contributed by atoms with Crippen molar-refractivity contribution in [1.82, 2.24) is 0 Å². The molecule has 1 aromatic carbocycles. The smallest absolute Gasteiger partial charge is 0.127 e. The van der Waals surface area contributed by atoms with Crippen LogP contribution in [0.1, 0.15) is 63.0 Å². The lowest BCUT2D eigenvalue weighted by Crippen LogP contribution is -2.17. The van der Waals surface area contributed by atoms with Crippen molar-refractivity contribution in [3.8, 4) is 11.5 Å². The molecule has 1 aliphatic carbocycles. The van der Waals surface area contributed by atoms with Crippen molar-refractivity contribution in [2.75, 3.05) is 6.61 Å². The van der Waals surface area contributed by atoms with E-state index in [9.17, 15) is 5.11 Å². The number of phenols is 1. The van der Waals surface area contributed by atoms with E-state index in [0.29, 0.717) is 18.3 Å². The molecule has 124 valence electrons. The summed E-state index contributed by atoms with van der Waals surface area (Å²) in [6.07, 6.45) is 9.12. The SMILES string of the molecule is C=C1COc2cc(CCCCC)cc(O)c2[C@@H]2C=C(C)CC[C@@H]12. The molecule has 0 radical (unpaired) electrons. The van der Waals surface area contributed by atoms with E-state index in [4.69, 9.17) is 4.74 Å². The molecular formula is C21H28O2. The molecule has 0 spiro atoms. The van der Waals surface area contributed by atoms with Gasteiger partial charge in [-0.1, -0.05) is 38.0 Å². The van der Waals surface area contributed by atoms with Gasteiger partial charge in [0.25, 0.3) is 0 Å². The maximum absolute atomic E-state index is 10.7. The number of aromatic hydroxyl groups is 1. The van der Waals surface area contributed by atoms with Crippen molar-refractivity contribution in [2.45, 2.75) is 58.3 Å². The maximum atomic E-state index is 10.7. The average Bonchev–Trinajstić information content (AvgIpc) is 2.65. The molecule has 0 saturated carbocycles. The summed E-state index contributed by atoms with van der Waals surface area (Å²) in [5, 5.41) is 10.7. The molecule has 0 bridgehead atoms. The molecule has 1 aliphatic heterocycles. The normalized spacial score (nSPS) is 23.4. The van der Waals surface area contributed by atoms with Crippen LogP contribution in [0.5, 0.6) is 11.5 Å². The van der Waals surface area contributed by atoms with Gasteiger partial charge < -0.3 is 9.84 Å². The second-order valence-electron chi connectivity index (χ2n) is 7.11. The van der Waals surface area contributed by atoms with Gasteiger partial charge in [-0.3, -0.25) is 0 Å². The minimum atomic E-state index is 0.207. The summed E-state index contributed by atoms with van der Waals surface area (Å²) in [7, 11) is 0. The van der Waals surface area contributed by atoms with Crippen molar-refractivity contribution in [2.24, 2.45) is 5.92 Å². The minimum Gasteiger partial charge on any atom is -0.507 e. The van der Waals surface area contributed by atoms with Crippen LogP contribution in [0.25, 0.3) is 0 Å². The predicted octanol–water partition coefficient (Wildman–Crippen LogP) is 5.51. The van der Waals surface area contributed by atoms with Crippen molar-refractivity contribution in [1.29, 1.82) is 0 Å². The zero-order valence-electron chi connectivity index (χ0n) is 14.4. The number of aryl methyl sites for hydroxylation is 1. The number of hydrogen-bond donors (Lipinski definition) is 1. The molecule has 0 aromatic heterocycles. The van der Waals surface area contributed by atoms with E-state index < -0.39 is 0 Å². The van der Waals surface area contributed by atoms with Gasteiger partial charge in [0.05, 0.1) is 0 Å². The topological polar surface area (TPSA) is 29.5 Å². The van der Waals surface area contributed by atoms with Gasteiger partial charge in [-0.25, -0.2) is 0 Å². The van der Waals surface area contributed by atoms with Crippen LogP contribution < -0.4 is 4.74 Å². The van der Waals surface area contributed by atoms with Crippen molar-refractivity contribution >= 4 is 0 Å². The summed E-state index contributed by atoms with van der Waals surface area (Å²) in [6, 6.07) is 4.08. The number of ether oxygens (including phenoxy) is 1. The quantitative estimate of drug-likeness (QED) is 0.586. The van der Waals surface area contributed by atoms with Crippen LogP contribution in [0.4, 0.5) is 0 Å². The summed E-state index contributed by atoms with van der Waals surface area (Å²) < 4.78 is 6.03. The molecule has 1 aromatic rings. The Morgan fingerprint density at radius 3 is 2.91 bits per heavy atom. The zero-order chi connectivity index (χ0) is 16.4. The third kappa shape index (κ3) is 3.31. The molecule has 3 rings (SSSR count). The van der Waals surface area contributed by atoms with Gasteiger partial charge >= 0.3 is 0 Å². The summed E-state index contributed by atoms with van der Waals surface area (Å²) in [5.74, 6) is 1.84. The average molecular weight is 312 g/mol. The van der Waals surface area contributed by atoms with Crippen molar-refractivity contribution in [3.63, 3.8) is 0 Å². The largest absolute Gasteiger partial charge is 0.507 e. The lowest BCUT2D eigenvalue weighted by molar-refractivity contribution is 0.341. The summed E-state index contributed by atoms with van der Waals surface area (Å²) in [5.41, 5.74) is 4.70. The van der Waals surface area contributed by atoms with E-state index in [0.717, 1.165) is 42.6 Å². The third-order valence-corrected chi connectivity index (χ3v) is 5.27. The molecule has 0 saturated heterocycles. The first-order valence-corrected chi connectivity index (χ1v) is 8.93. The number of fused-ring (bicyclic) bond motifs is 3. The molecule has 1 heterocycles. The first-order valence-electron chi connectivity index (χ1n) is 8.93. The van der Waals surface area contributed by atoms with E-state index in [1.807, 2.05) is 6.07 Å². The molecule has 1 N–H and O–H groups in total. The molecule has 2 nitrogen and oxygen atoms in total. The Bertz CT molecular complexity index is 627. The Morgan fingerprint density at radius 2 is 2.13 bits per heavy atom. The Morgan fingerprint density at radius 1 is 1.30 bits per heavy atom. The molecule has 0 unspecified atom stereocenters. The first-order chi connectivity index (χ1) is 11.1. The summed E-state index contributed by atoms with van der Waals surface area (Å²) >= 11 is 0. The Labute approximate surface area is 139 Å². The maximum Gasteiger partial charge on any atom is 0.127 e. The van der Waals surface area contributed by atoms with Crippen LogP contribution in [0.15, 0.2) is 35.9 Å². The number of phenolic OH excluding ortho intramolecular Hbond substituents is 1. The lowest BCUT2D eigenvalue weighted by atomic mass is 9.74. The highest BCUT2D eigenvalue weighted by Crippen LogP contribution is 2.48. The van der Waals surface area contributed by atoms with E-state index in [1.165, 1.54) is 24.0 Å². The molecule has 2 heteroatoms. The fourth-order valence-electron chi connectivity index (χ4n) is 3.93. The van der Waals surface area contributed by atoms with Crippen molar-refractivity contribution in [3.05, 3.63) is 47.1 Å². The second-order valence-corrected chi connectivity index (χ2v) is 7.11. The number of rotatable bonds is 4. The number of allylic oxidation sites excluding steroid dienone is 2. The van der Waals surface area contributed by atoms with Gasteiger partial charge in [-0.2, -0.15) is 0 Å². The van der Waals surface area contributed by atoms with Gasteiger partial charge in [0, 0.05) is 11.5 Å². The van der Waals surface area contributed by atoms with Gasteiger partial charge in [0.15, 0.2) is 0 Å². The number of hydrogen-bond acceptors (Lipinski definition) is 2. The molecule has 23 heavy (non-hydrogen) atoms. The third-order valence-electron chi connectivity index (χ3n) is 5.27. The zero-order valence-corrected chi connectivity index (χ0v) is 14.4. The van der Waals surface area contributed by atoms with Crippen molar-refractivity contribution < 1.29 is 9.84 Å². The van der Waals surface area contributed by atoms with Gasteiger partial charge in [0.1, 0.15) is 18.1 Å². The van der Waals surface area contributed by atoms with Crippen LogP contribution >= 0.6 is 0 Å². The summed E-state index contributed by atoms with van der Waals surface area (Å²) in [6.45, 7) is 9.20. The lowest BCUT2D eigenvalue weighted by Gasteiger charge is -2.29. The fraction of sp³-hybridized carbons (Fsp3) is 0.524. The van der Waals surface area contributed by atoms with E-state index in [1.54, 1.807) is 0 Å². The number of benzene rings is 1. The molecule has 2 aliphatic rings. The van der Waals surface area contributed by atoms with Crippen LogP contribution in [-0.2, 0) is 6.42 Å². The molecule has 0 fully saturated rings. The highest BCUT2D eigenvalue weighted by Gasteiger charge is 2.34. The van der Waals surface area contributed by atoms with Gasteiger partial charge in [0.2, 0.25) is 0 Å². The van der Waals surface area contributed by atoms with E-state index in [2.05, 4.69) is 32.6 Å². The van der Waals surface area contributed by atoms with Crippen LogP contribution in [-0.4, -0.2) is 11.7 Å². The molecule has 2 atom stereocenters. The van der Waals surface area contributed by atoms with Gasteiger partial charge in [-0.15, -0.1) is 0 Å². The standard InChI is InChI=1S/C21H28O2/c1-4-5-6-7-16-11-19(22)21-18-10-14(2)8-9-17(18)15(3)13-23-20(21)12-16/h10-12,17-18,22H,3-9,13H2,1-2H3/t17-,18+/m0/s1. The van der Waals surface area contributed by atoms with Gasteiger partial charge in [-0.05, 0) is 61.8 Å². The molecule has 0 amide bonds. The summed E-state index contributed by atoms with van der Waals surface area (Å²) in [4.78, 5) is 0. The minimum absolute atomic E-state index is 0.207. The number of unbranched alkanes of at least 4 members (excludes halogenated alkanes) is 2. The highest BCUT2D eigenvalue weighted by atomic mass is 16.5. The van der Waals surface area contributed by atoms with E-state index in [-0.39, 0.29) is 5.92 Å². The van der Waals surface area contributed by atoms with E-state index >= 15 is 0 Å². The predicted molar refractivity (Wildman–Crippen MR) is 95.2 cm³/mol. The van der Waals surface area contributed by atoms with Crippen LogP contribution in [0, 0.1) is 5.92 Å². The Hall–Kier alpha value is -1.70. The van der Waals surface area contributed by atoms with Crippen LogP contribution in [0.2, 0.25) is 0 Å². The second kappa shape index (κ2) is 6.82. The fourth-order valence-corrected chi connectivity index (χ4v) is 3.93. The Balaban J connectivity index is 1.98. The molecular weight excluding hydrogens is 284 g/mol. The highest BCUT2D eigenvalue weighted by molar-refractivity contribution is 5.53. The first kappa shape index (κ1) is 16.2. The Kier molecular flexibility index (Phi) is 4.79.